The molecule has 0 aliphatic carbocycles. The van der Waals surface area contributed by atoms with E-state index in [-0.39, 0.29) is 23.1 Å². The van der Waals surface area contributed by atoms with E-state index in [0.29, 0.717) is 4.57 Å². The normalized spacial score (nSPS) is 13.6. The lowest BCUT2D eigenvalue weighted by Gasteiger charge is -2.33. The summed E-state index contributed by atoms with van der Waals surface area (Å²) < 4.78 is 132. The average Bonchev–Trinajstić information content (AvgIpc) is 2.76. The highest BCUT2D eigenvalue weighted by molar-refractivity contribution is 9.10. The highest BCUT2D eigenvalue weighted by atomic mass is 79.9. The minimum Gasteiger partial charge on any atom is -0.466 e. The lowest BCUT2D eigenvalue weighted by Crippen LogP contribution is -2.44. The monoisotopic (exact) mass is 627 g/mol. The van der Waals surface area contributed by atoms with E-state index in [9.17, 15) is 49.1 Å². The number of carbonyl (C=O) groups is 1. The van der Waals surface area contributed by atoms with Gasteiger partial charge in [0.15, 0.2) is 5.69 Å². The van der Waals surface area contributed by atoms with Crippen LogP contribution in [0.2, 0.25) is 0 Å². The Morgan fingerprint density at radius 2 is 1.58 bits per heavy atom. The molecule has 0 saturated heterocycles. The molecule has 0 N–H and O–H groups in total. The number of anilines is 2. The van der Waals surface area contributed by atoms with Gasteiger partial charge in [0.05, 0.1) is 28.4 Å². The molecule has 0 spiro atoms. The maximum atomic E-state index is 13.7. The van der Waals surface area contributed by atoms with Crippen molar-refractivity contribution in [2.75, 3.05) is 19.1 Å². The summed E-state index contributed by atoms with van der Waals surface area (Å²) in [5, 5.41) is 0. The predicted octanol–water partition coefficient (Wildman–Crippen LogP) is 6.00. The second kappa shape index (κ2) is 11.1. The molecule has 0 fully saturated rings. The summed E-state index contributed by atoms with van der Waals surface area (Å²) in [5.74, 6) is -3.04. The minimum atomic E-state index is -5.40. The van der Waals surface area contributed by atoms with Crippen molar-refractivity contribution in [1.82, 2.24) is 9.55 Å². The Morgan fingerprint density at radius 3 is 2.00 bits per heavy atom. The molecule has 0 amide bonds. The van der Waals surface area contributed by atoms with E-state index in [1.165, 1.54) is 13.8 Å². The van der Waals surface area contributed by atoms with E-state index >= 15 is 0 Å². The molecule has 2 rings (SSSR count). The van der Waals surface area contributed by atoms with Gasteiger partial charge in [-0.2, -0.15) is 39.5 Å². The van der Waals surface area contributed by atoms with Crippen molar-refractivity contribution >= 4 is 33.5 Å². The zero-order chi connectivity index (χ0) is 29.4. The Balaban J connectivity index is 3.18. The van der Waals surface area contributed by atoms with E-state index in [1.54, 1.807) is 0 Å². The first-order valence-corrected chi connectivity index (χ1v) is 11.1. The molecule has 1 unspecified atom stereocenters. The fraction of sp³-hybridized carbons (Fsp3) is 0.476. The molecule has 1 aromatic heterocycles. The molecule has 1 aromatic carbocycles. The first kappa shape index (κ1) is 31.4. The molecule has 0 radical (unpaired) electrons. The van der Waals surface area contributed by atoms with Gasteiger partial charge in [0, 0.05) is 19.7 Å². The molecule has 0 aliphatic heterocycles. The standard InChI is InChI=1S/C21H19BrF9N3O4/c1-9(2)8-33-14(35)7-13(21(29,30)31)32-18(33)34(16(37-3)17(36)38-4)12-6-10(19(23,24)25)5-11(15(12)22)20(26,27)28/h5-7,9,16H,8H2,1-4H3. The first-order chi connectivity index (χ1) is 17.2. The van der Waals surface area contributed by atoms with Crippen molar-refractivity contribution in [3.05, 3.63) is 49.8 Å². The Morgan fingerprint density at radius 1 is 1.00 bits per heavy atom. The number of ether oxygens (including phenoxy) is 2. The van der Waals surface area contributed by atoms with Crippen molar-refractivity contribution in [2.24, 2.45) is 5.92 Å². The van der Waals surface area contributed by atoms with Crippen LogP contribution >= 0.6 is 15.9 Å². The van der Waals surface area contributed by atoms with Crippen LogP contribution in [0.4, 0.5) is 51.1 Å². The average molecular weight is 628 g/mol. The SMILES string of the molecule is COC(=O)C(OC)N(c1cc(C(F)(F)F)cc(C(F)(F)F)c1Br)c1nc(C(F)(F)F)cc(=O)n1CC(C)C. The van der Waals surface area contributed by atoms with Crippen LogP contribution in [0.3, 0.4) is 0 Å². The number of esters is 1. The zero-order valence-corrected chi connectivity index (χ0v) is 21.4. The smallest absolute Gasteiger partial charge is 0.433 e. The summed E-state index contributed by atoms with van der Waals surface area (Å²) in [6.45, 7) is 2.65. The van der Waals surface area contributed by atoms with Gasteiger partial charge in [-0.3, -0.25) is 14.3 Å². The van der Waals surface area contributed by atoms with Gasteiger partial charge in [0.1, 0.15) is 0 Å². The highest BCUT2D eigenvalue weighted by Gasteiger charge is 2.43. The van der Waals surface area contributed by atoms with E-state index in [0.717, 1.165) is 14.2 Å². The van der Waals surface area contributed by atoms with Crippen molar-refractivity contribution < 1.29 is 53.8 Å². The lowest BCUT2D eigenvalue weighted by molar-refractivity contribution is -0.151. The summed E-state index contributed by atoms with van der Waals surface area (Å²) >= 11 is 2.56. The summed E-state index contributed by atoms with van der Waals surface area (Å²) in [4.78, 5) is 28.8. The fourth-order valence-electron chi connectivity index (χ4n) is 3.26. The lowest BCUT2D eigenvalue weighted by atomic mass is 10.1. The molecule has 7 nitrogen and oxygen atoms in total. The van der Waals surface area contributed by atoms with Crippen molar-refractivity contribution in [3.63, 3.8) is 0 Å². The maximum absolute atomic E-state index is 13.7. The summed E-state index contributed by atoms with van der Waals surface area (Å²) in [6.07, 6.45) is -18.3. The van der Waals surface area contributed by atoms with E-state index in [2.05, 4.69) is 25.7 Å². The number of alkyl halides is 9. The van der Waals surface area contributed by atoms with Gasteiger partial charge in [-0.25, -0.2) is 9.78 Å². The number of benzene rings is 1. The number of hydrogen-bond donors (Lipinski definition) is 0. The Hall–Kier alpha value is -2.82. The second-order valence-electron chi connectivity index (χ2n) is 8.12. The van der Waals surface area contributed by atoms with Gasteiger partial charge in [0.25, 0.3) is 5.56 Å². The summed E-state index contributed by atoms with van der Waals surface area (Å²) in [6, 6.07) is 0.0131. The molecule has 0 saturated carbocycles. The van der Waals surface area contributed by atoms with Crippen LogP contribution in [0, 0.1) is 5.92 Å². The first-order valence-electron chi connectivity index (χ1n) is 10.3. The third kappa shape index (κ3) is 6.78. The van der Waals surface area contributed by atoms with Crippen LogP contribution in [0.15, 0.2) is 27.5 Å². The van der Waals surface area contributed by atoms with Gasteiger partial charge in [0.2, 0.25) is 12.2 Å². The van der Waals surface area contributed by atoms with Crippen molar-refractivity contribution in [1.29, 1.82) is 0 Å². The van der Waals surface area contributed by atoms with E-state index < -0.39 is 81.7 Å². The molecule has 212 valence electrons. The number of hydrogen-bond acceptors (Lipinski definition) is 6. The van der Waals surface area contributed by atoms with Gasteiger partial charge in [-0.1, -0.05) is 13.8 Å². The van der Waals surface area contributed by atoms with Crippen LogP contribution in [0.1, 0.15) is 30.7 Å². The topological polar surface area (TPSA) is 73.7 Å². The molecule has 38 heavy (non-hydrogen) atoms. The molecular weight excluding hydrogens is 609 g/mol. The van der Waals surface area contributed by atoms with Crippen LogP contribution in [-0.4, -0.2) is 36.0 Å². The van der Waals surface area contributed by atoms with Gasteiger partial charge in [-0.05, 0) is 34.0 Å². The Bertz CT molecular complexity index is 1240. The van der Waals surface area contributed by atoms with E-state index in [1.807, 2.05) is 0 Å². The highest BCUT2D eigenvalue weighted by Crippen LogP contribution is 2.46. The molecule has 0 aliphatic rings. The molecular formula is C21H19BrF9N3O4. The summed E-state index contributed by atoms with van der Waals surface area (Å²) in [5.41, 5.74) is -8.04. The third-order valence-electron chi connectivity index (χ3n) is 4.85. The number of rotatable bonds is 7. The Kier molecular flexibility index (Phi) is 9.19. The second-order valence-corrected chi connectivity index (χ2v) is 8.91. The van der Waals surface area contributed by atoms with Crippen molar-refractivity contribution in [3.8, 4) is 0 Å². The maximum Gasteiger partial charge on any atom is 0.433 e. The zero-order valence-electron chi connectivity index (χ0n) is 19.8. The van der Waals surface area contributed by atoms with E-state index in [4.69, 9.17) is 4.74 Å². The number of aromatic nitrogens is 2. The van der Waals surface area contributed by atoms with Crippen LogP contribution in [-0.2, 0) is 39.3 Å². The quantitative estimate of drug-likeness (QED) is 0.213. The van der Waals surface area contributed by atoms with Crippen LogP contribution < -0.4 is 10.5 Å². The van der Waals surface area contributed by atoms with Crippen LogP contribution in [0.5, 0.6) is 0 Å². The number of methoxy groups -OCH3 is 2. The number of carbonyl (C=O) groups excluding carboxylic acids is 1. The van der Waals surface area contributed by atoms with Gasteiger partial charge < -0.3 is 9.47 Å². The predicted molar refractivity (Wildman–Crippen MR) is 117 cm³/mol. The fourth-order valence-corrected chi connectivity index (χ4v) is 3.91. The summed E-state index contributed by atoms with van der Waals surface area (Å²) in [7, 11) is 1.58. The third-order valence-corrected chi connectivity index (χ3v) is 5.68. The molecule has 17 heteroatoms. The molecule has 1 heterocycles. The van der Waals surface area contributed by atoms with Crippen LogP contribution in [0.25, 0.3) is 0 Å². The van der Waals surface area contributed by atoms with Crippen molar-refractivity contribution in [2.45, 2.75) is 45.1 Å². The van der Waals surface area contributed by atoms with Gasteiger partial charge in [-0.15, -0.1) is 0 Å². The molecule has 1 atom stereocenters. The number of halogens is 10. The number of nitrogens with zero attached hydrogens (tertiary/aromatic N) is 3. The molecule has 0 bridgehead atoms. The minimum absolute atomic E-state index is 0.104. The molecule has 2 aromatic rings. The van der Waals surface area contributed by atoms with Gasteiger partial charge >= 0.3 is 24.5 Å². The Labute approximate surface area is 217 Å². The largest absolute Gasteiger partial charge is 0.466 e.